The number of hydrogen-bond acceptors (Lipinski definition) is 2. The fourth-order valence-electron chi connectivity index (χ4n) is 1.52. The number of nitrogens with two attached hydrogens (primary N) is 1. The maximum atomic E-state index is 11.0. The molecule has 0 saturated carbocycles. The summed E-state index contributed by atoms with van der Waals surface area (Å²) in [4.78, 5) is 11.0. The van der Waals surface area contributed by atoms with Crippen LogP contribution < -0.4 is 10.5 Å². The highest BCUT2D eigenvalue weighted by Crippen LogP contribution is 2.28. The van der Waals surface area contributed by atoms with Crippen molar-refractivity contribution in [3.05, 3.63) is 35.4 Å². The number of hydrogen-bond donors (Lipinski definition) is 1. The lowest BCUT2D eigenvalue weighted by Crippen LogP contribution is -2.28. The average molecular weight is 189 g/mol. The average Bonchev–Trinajstić information content (AvgIpc) is 2.16. The first-order valence-electron chi connectivity index (χ1n) is 4.45. The molecule has 0 bridgehead atoms. The minimum Gasteiger partial charge on any atom is -0.485 e. The van der Waals surface area contributed by atoms with Crippen molar-refractivity contribution in [1.29, 1.82) is 0 Å². The molecule has 1 aromatic rings. The molecule has 0 aliphatic carbocycles. The normalized spacial score (nSPS) is 19.2. The Labute approximate surface area is 82.2 Å². The summed E-state index contributed by atoms with van der Waals surface area (Å²) in [5.41, 5.74) is 6.65. The first-order valence-corrected chi connectivity index (χ1v) is 4.45. The van der Waals surface area contributed by atoms with Crippen LogP contribution in [0.25, 0.3) is 6.08 Å². The van der Waals surface area contributed by atoms with Gasteiger partial charge in [0.05, 0.1) is 5.57 Å². The summed E-state index contributed by atoms with van der Waals surface area (Å²) in [7, 11) is 0. The minimum atomic E-state index is -0.424. The van der Waals surface area contributed by atoms with Gasteiger partial charge in [0.1, 0.15) is 11.9 Å². The molecule has 0 saturated heterocycles. The van der Waals surface area contributed by atoms with E-state index in [1.807, 2.05) is 31.2 Å². The number of primary amides is 1. The van der Waals surface area contributed by atoms with E-state index in [-0.39, 0.29) is 6.10 Å². The van der Waals surface area contributed by atoms with E-state index < -0.39 is 5.91 Å². The Morgan fingerprint density at radius 3 is 2.86 bits per heavy atom. The Morgan fingerprint density at radius 1 is 1.43 bits per heavy atom. The van der Waals surface area contributed by atoms with Crippen LogP contribution in [0, 0.1) is 0 Å². The zero-order chi connectivity index (χ0) is 10.1. The second-order valence-corrected chi connectivity index (χ2v) is 3.26. The van der Waals surface area contributed by atoms with Gasteiger partial charge in [0.2, 0.25) is 5.91 Å². The van der Waals surface area contributed by atoms with E-state index in [1.165, 1.54) is 0 Å². The van der Waals surface area contributed by atoms with Crippen LogP contribution in [0.3, 0.4) is 0 Å². The second-order valence-electron chi connectivity index (χ2n) is 3.26. The number of carbonyl (C=O) groups is 1. The number of ether oxygens (including phenoxy) is 1. The Kier molecular flexibility index (Phi) is 2.00. The highest BCUT2D eigenvalue weighted by molar-refractivity contribution is 5.98. The van der Waals surface area contributed by atoms with Crippen molar-refractivity contribution in [1.82, 2.24) is 0 Å². The van der Waals surface area contributed by atoms with Crippen molar-refractivity contribution < 1.29 is 9.53 Å². The number of carbonyl (C=O) groups excluding carboxylic acids is 1. The molecule has 1 aliphatic rings. The first-order chi connectivity index (χ1) is 6.68. The molecule has 2 N–H and O–H groups in total. The molecule has 1 aromatic carbocycles. The Bertz CT molecular complexity index is 410. The maximum absolute atomic E-state index is 11.0. The molecule has 14 heavy (non-hydrogen) atoms. The predicted molar refractivity (Wildman–Crippen MR) is 53.7 cm³/mol. The lowest BCUT2D eigenvalue weighted by Gasteiger charge is -2.22. The van der Waals surface area contributed by atoms with Crippen LogP contribution in [0.15, 0.2) is 29.8 Å². The van der Waals surface area contributed by atoms with Gasteiger partial charge in [-0.2, -0.15) is 0 Å². The van der Waals surface area contributed by atoms with Gasteiger partial charge in [-0.05, 0) is 19.1 Å². The van der Waals surface area contributed by atoms with E-state index in [0.717, 1.165) is 11.3 Å². The highest BCUT2D eigenvalue weighted by atomic mass is 16.5. The van der Waals surface area contributed by atoms with E-state index >= 15 is 0 Å². The summed E-state index contributed by atoms with van der Waals surface area (Å²) in [6, 6.07) is 7.56. The molecule has 0 fully saturated rings. The second kappa shape index (κ2) is 3.18. The van der Waals surface area contributed by atoms with Crippen LogP contribution in [-0.2, 0) is 4.79 Å². The molecule has 1 amide bonds. The summed E-state index contributed by atoms with van der Waals surface area (Å²) in [6.45, 7) is 1.81. The molecule has 3 heteroatoms. The molecule has 1 unspecified atom stereocenters. The largest absolute Gasteiger partial charge is 0.485 e. The lowest BCUT2D eigenvalue weighted by atomic mass is 10.0. The topological polar surface area (TPSA) is 52.3 Å². The van der Waals surface area contributed by atoms with E-state index in [1.54, 1.807) is 6.08 Å². The smallest absolute Gasteiger partial charge is 0.248 e. The molecule has 1 atom stereocenters. The fraction of sp³-hybridized carbons (Fsp3) is 0.182. The van der Waals surface area contributed by atoms with Gasteiger partial charge in [-0.1, -0.05) is 18.2 Å². The van der Waals surface area contributed by atoms with Crippen molar-refractivity contribution in [2.24, 2.45) is 5.73 Å². The van der Waals surface area contributed by atoms with Gasteiger partial charge in [0.15, 0.2) is 0 Å². The predicted octanol–water partition coefficient (Wildman–Crippen LogP) is 1.34. The van der Waals surface area contributed by atoms with Gasteiger partial charge < -0.3 is 10.5 Å². The van der Waals surface area contributed by atoms with E-state index in [9.17, 15) is 4.79 Å². The van der Waals surface area contributed by atoms with Crippen molar-refractivity contribution in [2.45, 2.75) is 13.0 Å². The number of amides is 1. The zero-order valence-electron chi connectivity index (χ0n) is 7.86. The summed E-state index contributed by atoms with van der Waals surface area (Å²) in [5.74, 6) is 0.372. The Hall–Kier alpha value is -1.77. The number of fused-ring (bicyclic) bond motifs is 1. The van der Waals surface area contributed by atoms with Crippen LogP contribution in [0.4, 0.5) is 0 Å². The first kappa shape index (κ1) is 8.81. The lowest BCUT2D eigenvalue weighted by molar-refractivity contribution is -0.115. The van der Waals surface area contributed by atoms with E-state index in [4.69, 9.17) is 10.5 Å². The number of para-hydroxylation sites is 1. The van der Waals surface area contributed by atoms with Gasteiger partial charge in [0, 0.05) is 5.56 Å². The maximum Gasteiger partial charge on any atom is 0.248 e. The minimum absolute atomic E-state index is 0.262. The van der Waals surface area contributed by atoms with Crippen LogP contribution in [-0.4, -0.2) is 12.0 Å². The van der Waals surface area contributed by atoms with Gasteiger partial charge in [-0.3, -0.25) is 4.79 Å². The molecule has 1 aliphatic heterocycles. The summed E-state index contributed by atoms with van der Waals surface area (Å²) in [5, 5.41) is 0. The van der Waals surface area contributed by atoms with Crippen LogP contribution in [0.2, 0.25) is 0 Å². The van der Waals surface area contributed by atoms with Crippen LogP contribution in [0.1, 0.15) is 12.5 Å². The van der Waals surface area contributed by atoms with Gasteiger partial charge in [-0.25, -0.2) is 0 Å². The van der Waals surface area contributed by atoms with Gasteiger partial charge >= 0.3 is 0 Å². The van der Waals surface area contributed by atoms with Crippen LogP contribution in [0.5, 0.6) is 5.75 Å². The van der Waals surface area contributed by atoms with Crippen molar-refractivity contribution in [3.63, 3.8) is 0 Å². The van der Waals surface area contributed by atoms with Crippen molar-refractivity contribution in [2.75, 3.05) is 0 Å². The zero-order valence-corrected chi connectivity index (χ0v) is 7.86. The van der Waals surface area contributed by atoms with Gasteiger partial charge in [0.25, 0.3) is 0 Å². The summed E-state index contributed by atoms with van der Waals surface area (Å²) < 4.78 is 5.54. The van der Waals surface area contributed by atoms with E-state index in [0.29, 0.717) is 5.57 Å². The van der Waals surface area contributed by atoms with Crippen molar-refractivity contribution in [3.8, 4) is 5.75 Å². The molecule has 0 aromatic heterocycles. The molecule has 0 spiro atoms. The van der Waals surface area contributed by atoms with Gasteiger partial charge in [-0.15, -0.1) is 0 Å². The molecule has 72 valence electrons. The van der Waals surface area contributed by atoms with E-state index in [2.05, 4.69) is 0 Å². The third kappa shape index (κ3) is 1.37. The standard InChI is InChI=1S/C11H11NO2/c1-7-9(11(12)13)6-8-4-2-3-5-10(8)14-7/h2-7H,1H3,(H2,12,13). The summed E-state index contributed by atoms with van der Waals surface area (Å²) >= 11 is 0. The van der Waals surface area contributed by atoms with Crippen LogP contribution >= 0.6 is 0 Å². The Morgan fingerprint density at radius 2 is 2.14 bits per heavy atom. The quantitative estimate of drug-likeness (QED) is 0.724. The number of rotatable bonds is 1. The molecule has 0 radical (unpaired) electrons. The summed E-state index contributed by atoms with van der Waals surface area (Å²) in [6.07, 6.45) is 1.52. The molecule has 1 heterocycles. The molecule has 2 rings (SSSR count). The fourth-order valence-corrected chi connectivity index (χ4v) is 1.52. The Balaban J connectivity index is 2.49. The molecular weight excluding hydrogens is 178 g/mol. The highest BCUT2D eigenvalue weighted by Gasteiger charge is 2.21. The molecule has 3 nitrogen and oxygen atoms in total. The van der Waals surface area contributed by atoms with Crippen molar-refractivity contribution >= 4 is 12.0 Å². The molecular formula is C11H11NO2. The SMILES string of the molecule is CC1Oc2ccccc2C=C1C(N)=O. The monoisotopic (exact) mass is 189 g/mol. The third-order valence-electron chi connectivity index (χ3n) is 2.26. The number of benzene rings is 1. The third-order valence-corrected chi connectivity index (χ3v) is 2.26.